The lowest BCUT2D eigenvalue weighted by molar-refractivity contribution is 0.948. The van der Waals surface area contributed by atoms with Crippen molar-refractivity contribution in [1.82, 2.24) is 9.55 Å². The van der Waals surface area contributed by atoms with Crippen molar-refractivity contribution in [3.8, 4) is 0 Å². The van der Waals surface area contributed by atoms with Crippen LogP contribution in [0.3, 0.4) is 0 Å². The molecule has 0 N–H and O–H groups in total. The monoisotopic (exact) mass is 133 g/mol. The predicted molar refractivity (Wildman–Crippen MR) is 40.7 cm³/mol. The van der Waals surface area contributed by atoms with Crippen molar-refractivity contribution >= 4 is 11.0 Å². The molecule has 0 saturated carbocycles. The highest BCUT2D eigenvalue weighted by Gasteiger charge is 1.93. The van der Waals surface area contributed by atoms with Crippen molar-refractivity contribution in [3.63, 3.8) is 0 Å². The molecular formula is C8H8N2. The first-order valence-corrected chi connectivity index (χ1v) is 3.16. The summed E-state index contributed by atoms with van der Waals surface area (Å²) in [5.74, 6) is 0. The van der Waals surface area contributed by atoms with Gasteiger partial charge in [0.25, 0.3) is 0 Å². The fourth-order valence-electron chi connectivity index (χ4n) is 1.03. The Balaban J connectivity index is 2.92. The van der Waals surface area contributed by atoms with Crippen LogP contribution >= 0.6 is 0 Å². The van der Waals surface area contributed by atoms with Crippen molar-refractivity contribution in [2.24, 2.45) is 7.05 Å². The summed E-state index contributed by atoms with van der Waals surface area (Å²) in [7, 11) is 1.84. The van der Waals surface area contributed by atoms with E-state index in [0.717, 1.165) is 11.0 Å². The lowest BCUT2D eigenvalue weighted by atomic mass is 10.3. The van der Waals surface area contributed by atoms with Crippen molar-refractivity contribution in [2.75, 3.05) is 0 Å². The van der Waals surface area contributed by atoms with Gasteiger partial charge in [0.1, 0.15) is 5.65 Å². The lowest BCUT2D eigenvalue weighted by Gasteiger charge is -1.91. The second kappa shape index (κ2) is 1.84. The van der Waals surface area contributed by atoms with E-state index >= 15 is 0 Å². The molecule has 0 fully saturated rings. The van der Waals surface area contributed by atoms with Crippen LogP contribution in [0.2, 0.25) is 0 Å². The zero-order valence-corrected chi connectivity index (χ0v) is 5.70. The number of nitrogens with zero attached hydrogens (tertiary/aromatic N) is 2. The molecule has 0 aliphatic heterocycles. The Hall–Kier alpha value is -1.31. The predicted octanol–water partition coefficient (Wildman–Crippen LogP) is 1.57. The van der Waals surface area contributed by atoms with Crippen LogP contribution in [-0.4, -0.2) is 9.55 Å². The maximum atomic E-state index is 7.47. The zero-order chi connectivity index (χ0) is 7.84. The number of aromatic nitrogens is 2. The topological polar surface area (TPSA) is 17.8 Å². The van der Waals surface area contributed by atoms with Crippen LogP contribution in [-0.2, 0) is 7.05 Å². The fraction of sp³-hybridized carbons (Fsp3) is 0.125. The Labute approximate surface area is 60.5 Å². The highest BCUT2D eigenvalue weighted by atomic mass is 15.0. The van der Waals surface area contributed by atoms with Crippen LogP contribution < -0.4 is 0 Å². The molecule has 0 spiro atoms. The van der Waals surface area contributed by atoms with Gasteiger partial charge in [-0.25, -0.2) is 4.98 Å². The number of hydrogen-bond acceptors (Lipinski definition) is 1. The minimum Gasteiger partial charge on any atom is -0.336 e. The normalized spacial score (nSPS) is 11.9. The summed E-state index contributed by atoms with van der Waals surface area (Å²) in [4.78, 5) is 4.14. The Kier molecular flexibility index (Phi) is 0.826. The minimum absolute atomic E-state index is 0.499. The molecule has 2 heteroatoms. The van der Waals surface area contributed by atoms with Gasteiger partial charge < -0.3 is 4.57 Å². The zero-order valence-electron chi connectivity index (χ0n) is 6.70. The molecule has 0 amide bonds. The minimum atomic E-state index is 0.499. The van der Waals surface area contributed by atoms with Gasteiger partial charge in [0.15, 0.2) is 0 Å². The summed E-state index contributed by atoms with van der Waals surface area (Å²) < 4.78 is 9.23. The van der Waals surface area contributed by atoms with Gasteiger partial charge in [-0.15, -0.1) is 0 Å². The third kappa shape index (κ3) is 0.620. The quantitative estimate of drug-likeness (QED) is 0.533. The third-order valence-corrected chi connectivity index (χ3v) is 1.55. The van der Waals surface area contributed by atoms with E-state index in [1.807, 2.05) is 25.2 Å². The average molecular weight is 133 g/mol. The SMILES string of the molecule is [2H]c1cc2cccnc2n1C. The van der Waals surface area contributed by atoms with Gasteiger partial charge in [-0.2, -0.15) is 0 Å². The molecular weight excluding hydrogens is 124 g/mol. The van der Waals surface area contributed by atoms with E-state index in [9.17, 15) is 0 Å². The molecule has 2 nitrogen and oxygen atoms in total. The van der Waals surface area contributed by atoms with Crippen molar-refractivity contribution in [1.29, 1.82) is 0 Å². The van der Waals surface area contributed by atoms with Crippen LogP contribution in [0.25, 0.3) is 11.0 Å². The van der Waals surface area contributed by atoms with E-state index in [4.69, 9.17) is 1.37 Å². The highest BCUT2D eigenvalue weighted by Crippen LogP contribution is 2.09. The first-order valence-electron chi connectivity index (χ1n) is 3.66. The molecule has 50 valence electrons. The Bertz CT molecular complexity index is 392. The van der Waals surface area contributed by atoms with Gasteiger partial charge in [-0.1, -0.05) is 0 Å². The molecule has 0 unspecified atom stereocenters. The Morgan fingerprint density at radius 1 is 1.60 bits per heavy atom. The van der Waals surface area contributed by atoms with E-state index in [-0.39, 0.29) is 0 Å². The average Bonchev–Trinajstić information content (AvgIpc) is 2.30. The standard InChI is InChI=1S/C8H8N2/c1-10-6-4-7-3-2-5-9-8(7)10/h2-6H,1H3/i6D. The van der Waals surface area contributed by atoms with E-state index in [1.54, 1.807) is 10.8 Å². The van der Waals surface area contributed by atoms with Gasteiger partial charge in [0, 0.05) is 24.8 Å². The summed E-state index contributed by atoms with van der Waals surface area (Å²) in [6, 6.07) is 5.64. The maximum Gasteiger partial charge on any atom is 0.139 e. The first kappa shape index (κ1) is 4.50. The molecule has 0 bridgehead atoms. The molecule has 2 heterocycles. The van der Waals surface area contributed by atoms with E-state index in [1.165, 1.54) is 0 Å². The molecule has 10 heavy (non-hydrogen) atoms. The first-order chi connectivity index (χ1) is 5.29. The molecule has 0 saturated heterocycles. The van der Waals surface area contributed by atoms with E-state index in [0.29, 0.717) is 6.17 Å². The summed E-state index contributed by atoms with van der Waals surface area (Å²) >= 11 is 0. The summed E-state index contributed by atoms with van der Waals surface area (Å²) in [6.07, 6.45) is 2.24. The second-order valence-electron chi connectivity index (χ2n) is 2.25. The van der Waals surface area contributed by atoms with Crippen LogP contribution in [0.15, 0.2) is 30.6 Å². The smallest absolute Gasteiger partial charge is 0.139 e. The summed E-state index contributed by atoms with van der Waals surface area (Å²) in [5, 5.41) is 1.03. The van der Waals surface area contributed by atoms with Crippen molar-refractivity contribution in [3.05, 3.63) is 30.6 Å². The van der Waals surface area contributed by atoms with Gasteiger partial charge >= 0.3 is 0 Å². The molecule has 0 radical (unpaired) electrons. The molecule has 0 aliphatic rings. The van der Waals surface area contributed by atoms with Gasteiger partial charge in [0.2, 0.25) is 0 Å². The van der Waals surface area contributed by atoms with Crippen LogP contribution in [0, 0.1) is 0 Å². The number of pyridine rings is 1. The molecule has 2 aromatic rings. The summed E-state index contributed by atoms with van der Waals surface area (Å²) in [6.45, 7) is 0. The van der Waals surface area contributed by atoms with E-state index in [2.05, 4.69) is 4.98 Å². The Morgan fingerprint density at radius 2 is 2.50 bits per heavy atom. The molecule has 2 aromatic heterocycles. The van der Waals surface area contributed by atoms with Crippen molar-refractivity contribution in [2.45, 2.75) is 0 Å². The van der Waals surface area contributed by atoms with Crippen LogP contribution in [0.4, 0.5) is 0 Å². The molecule has 0 atom stereocenters. The summed E-state index contributed by atoms with van der Waals surface area (Å²) in [5.41, 5.74) is 0.873. The number of hydrogen-bond donors (Lipinski definition) is 0. The molecule has 2 rings (SSSR count). The number of aryl methyl sites for hydroxylation is 1. The van der Waals surface area contributed by atoms with Gasteiger partial charge in [0.05, 0.1) is 1.37 Å². The highest BCUT2D eigenvalue weighted by molar-refractivity contribution is 5.75. The van der Waals surface area contributed by atoms with Crippen LogP contribution in [0.1, 0.15) is 1.37 Å². The largest absolute Gasteiger partial charge is 0.336 e. The molecule has 0 aliphatic carbocycles. The maximum absolute atomic E-state index is 7.47. The van der Waals surface area contributed by atoms with Crippen LogP contribution in [0.5, 0.6) is 0 Å². The van der Waals surface area contributed by atoms with E-state index < -0.39 is 0 Å². The third-order valence-electron chi connectivity index (χ3n) is 1.55. The van der Waals surface area contributed by atoms with Gasteiger partial charge in [-0.05, 0) is 18.2 Å². The molecule has 0 aromatic carbocycles. The van der Waals surface area contributed by atoms with Crippen molar-refractivity contribution < 1.29 is 1.37 Å². The Morgan fingerprint density at radius 3 is 3.30 bits per heavy atom. The lowest BCUT2D eigenvalue weighted by Crippen LogP contribution is -1.85. The number of rotatable bonds is 0. The van der Waals surface area contributed by atoms with Gasteiger partial charge in [-0.3, -0.25) is 0 Å². The second-order valence-corrected chi connectivity index (χ2v) is 2.25. The fourth-order valence-corrected chi connectivity index (χ4v) is 1.03. The number of fused-ring (bicyclic) bond motifs is 1.